The van der Waals surface area contributed by atoms with Crippen molar-refractivity contribution in [1.82, 2.24) is 24.9 Å². The molecule has 0 radical (unpaired) electrons. The van der Waals surface area contributed by atoms with E-state index in [9.17, 15) is 0 Å². The molecule has 0 saturated heterocycles. The highest BCUT2D eigenvalue weighted by Gasteiger charge is 2.51. The van der Waals surface area contributed by atoms with E-state index in [2.05, 4.69) is 97.8 Å². The Labute approximate surface area is 320 Å². The summed E-state index contributed by atoms with van der Waals surface area (Å²) in [6.45, 7) is 32.4. The number of rotatable bonds is 6. The number of nitrogens with zero attached hydrogens (tertiary/aromatic N) is 11. The summed E-state index contributed by atoms with van der Waals surface area (Å²) in [5, 5.41) is 0. The molecule has 0 bridgehead atoms. The van der Waals surface area contributed by atoms with Crippen LogP contribution in [0.4, 0.5) is 17.5 Å². The normalized spacial score (nSPS) is 21.6. The van der Waals surface area contributed by atoms with Crippen LogP contribution in [0.2, 0.25) is 0 Å². The van der Waals surface area contributed by atoms with E-state index in [1.54, 1.807) is 0 Å². The van der Waals surface area contributed by atoms with Crippen molar-refractivity contribution in [3.05, 3.63) is 60.7 Å². The number of aromatic nitrogens is 5. The minimum absolute atomic E-state index is 0.290. The first kappa shape index (κ1) is 37.3. The van der Waals surface area contributed by atoms with Gasteiger partial charge in [-0.2, -0.15) is 0 Å². The van der Waals surface area contributed by atoms with E-state index in [1.165, 1.54) is 0 Å². The Balaban J connectivity index is 1.38. The predicted octanol–water partition coefficient (Wildman–Crippen LogP) is 9.05. The molecule has 0 amide bonds. The van der Waals surface area contributed by atoms with Gasteiger partial charge < -0.3 is 14.7 Å². The largest absolute Gasteiger partial charge is 0.307 e. The Hall–Kier alpha value is -5.06. The van der Waals surface area contributed by atoms with Crippen molar-refractivity contribution in [2.75, 3.05) is 14.7 Å². The third-order valence-corrected chi connectivity index (χ3v) is 12.8. The lowest BCUT2D eigenvalue weighted by molar-refractivity contribution is 0.337. The lowest BCUT2D eigenvalue weighted by atomic mass is 9.83. The molecular weight excluding hydrogens is 671 g/mol. The molecule has 54 heavy (non-hydrogen) atoms. The molecule has 0 spiro atoms. The number of hydrogen-bond donors (Lipinski definition) is 0. The fraction of sp³-hybridized carbons (Fsp3) is 0.488. The van der Waals surface area contributed by atoms with E-state index >= 15 is 0 Å². The second kappa shape index (κ2) is 12.0. The van der Waals surface area contributed by atoms with Crippen LogP contribution in [0.1, 0.15) is 104 Å². The van der Waals surface area contributed by atoms with Crippen LogP contribution in [0.25, 0.3) is 34.3 Å². The molecule has 0 aliphatic carbocycles. The fourth-order valence-corrected chi connectivity index (χ4v) is 8.04. The van der Waals surface area contributed by atoms with Gasteiger partial charge in [0.25, 0.3) is 0 Å². The summed E-state index contributed by atoms with van der Waals surface area (Å²) in [6.07, 6.45) is 0. The standard InChI is InChI=1S/C43H55N11/c1-26-49-38(4,5)41(10,11)52(26)34-22-16-19-29(44-34)32-25-33(30-20-17-23-35(45-30)53-27(2)50-39(6,7)42(53,12)13)48-37(47-32)31-21-18-24-36(46-31)54-28(3)51-40(8,9)43(54,14)15/h16-25H,1-15H3. The summed E-state index contributed by atoms with van der Waals surface area (Å²) in [7, 11) is 0. The molecule has 3 aliphatic rings. The van der Waals surface area contributed by atoms with Crippen LogP contribution in [-0.4, -0.2) is 75.7 Å². The van der Waals surface area contributed by atoms with Crippen molar-refractivity contribution in [1.29, 1.82) is 0 Å². The van der Waals surface area contributed by atoms with E-state index in [0.717, 1.165) is 35.0 Å². The molecule has 0 saturated carbocycles. The lowest BCUT2D eigenvalue weighted by Gasteiger charge is -2.40. The number of pyridine rings is 3. The Kier molecular flexibility index (Phi) is 8.26. The number of amidine groups is 3. The summed E-state index contributed by atoms with van der Waals surface area (Å²) < 4.78 is 0. The van der Waals surface area contributed by atoms with Crippen LogP contribution in [0.5, 0.6) is 0 Å². The first-order valence-electron chi connectivity index (χ1n) is 18.9. The molecule has 4 aromatic rings. The van der Waals surface area contributed by atoms with E-state index in [-0.39, 0.29) is 33.2 Å². The van der Waals surface area contributed by atoms with Gasteiger partial charge in [-0.15, -0.1) is 0 Å². The van der Waals surface area contributed by atoms with Gasteiger partial charge in [0.05, 0.1) is 56.0 Å². The third kappa shape index (κ3) is 5.61. The smallest absolute Gasteiger partial charge is 0.179 e. The maximum Gasteiger partial charge on any atom is 0.179 e. The minimum Gasteiger partial charge on any atom is -0.307 e. The van der Waals surface area contributed by atoms with Gasteiger partial charge in [-0.1, -0.05) is 18.2 Å². The van der Waals surface area contributed by atoms with Gasteiger partial charge in [0.15, 0.2) is 5.82 Å². The second-order valence-corrected chi connectivity index (χ2v) is 17.9. The highest BCUT2D eigenvalue weighted by molar-refractivity contribution is 6.01. The molecule has 0 atom stereocenters. The van der Waals surface area contributed by atoms with Crippen molar-refractivity contribution < 1.29 is 0 Å². The first-order valence-corrected chi connectivity index (χ1v) is 18.9. The summed E-state index contributed by atoms with van der Waals surface area (Å²) in [4.78, 5) is 47.6. The predicted molar refractivity (Wildman–Crippen MR) is 223 cm³/mol. The zero-order valence-electron chi connectivity index (χ0n) is 34.7. The van der Waals surface area contributed by atoms with Gasteiger partial charge in [-0.05, 0) is 146 Å². The van der Waals surface area contributed by atoms with E-state index in [1.807, 2.05) is 81.4 Å². The maximum absolute atomic E-state index is 5.22. The number of aliphatic imine (C=N–C) groups is 3. The molecular formula is C43H55N11. The molecule has 7 heterocycles. The average Bonchev–Trinajstić information content (AvgIpc) is 3.44. The monoisotopic (exact) mass is 725 g/mol. The molecule has 0 unspecified atom stereocenters. The van der Waals surface area contributed by atoms with E-state index < -0.39 is 0 Å². The molecule has 0 fully saturated rings. The van der Waals surface area contributed by atoms with Gasteiger partial charge in [0.2, 0.25) is 0 Å². The van der Waals surface area contributed by atoms with Gasteiger partial charge >= 0.3 is 0 Å². The zero-order valence-corrected chi connectivity index (χ0v) is 34.7. The van der Waals surface area contributed by atoms with Crippen molar-refractivity contribution in [2.45, 2.75) is 137 Å². The molecule has 7 rings (SSSR count). The Bertz CT molecular complexity index is 1990. The Morgan fingerprint density at radius 2 is 0.667 bits per heavy atom. The number of anilines is 3. The molecule has 282 valence electrons. The SMILES string of the molecule is CC1=NC(C)(C)C(C)(C)N1c1cccc(-c2cc(-c3cccc(N4C(C)=NC(C)(C)C4(C)C)n3)nc(-c3cccc(N4C(C)=NC(C)(C)C4(C)C)n3)n2)n1. The fourth-order valence-electron chi connectivity index (χ4n) is 8.04. The molecule has 11 nitrogen and oxygen atoms in total. The van der Waals surface area contributed by atoms with Gasteiger partial charge in [0, 0.05) is 0 Å². The van der Waals surface area contributed by atoms with Crippen molar-refractivity contribution in [3.63, 3.8) is 0 Å². The Morgan fingerprint density at radius 3 is 0.963 bits per heavy atom. The number of hydrogen-bond acceptors (Lipinski definition) is 11. The first-order chi connectivity index (χ1) is 25.0. The summed E-state index contributed by atoms with van der Waals surface area (Å²) in [5.74, 6) is 5.68. The second-order valence-electron chi connectivity index (χ2n) is 17.9. The third-order valence-electron chi connectivity index (χ3n) is 12.8. The quantitative estimate of drug-likeness (QED) is 0.194. The minimum atomic E-state index is -0.302. The summed E-state index contributed by atoms with van der Waals surface area (Å²) in [6, 6.07) is 20.1. The topological polar surface area (TPSA) is 111 Å². The highest BCUT2D eigenvalue weighted by Crippen LogP contribution is 2.43. The van der Waals surface area contributed by atoms with Crippen LogP contribution in [0.3, 0.4) is 0 Å². The van der Waals surface area contributed by atoms with Crippen LogP contribution in [0.15, 0.2) is 75.6 Å². The molecule has 0 aromatic carbocycles. The molecule has 4 aromatic heterocycles. The summed E-state index contributed by atoms with van der Waals surface area (Å²) in [5.41, 5.74) is 1.65. The van der Waals surface area contributed by atoms with E-state index in [0.29, 0.717) is 34.3 Å². The van der Waals surface area contributed by atoms with Gasteiger partial charge in [0.1, 0.15) is 40.7 Å². The summed E-state index contributed by atoms with van der Waals surface area (Å²) >= 11 is 0. The molecule has 11 heteroatoms. The van der Waals surface area contributed by atoms with Gasteiger partial charge in [-0.25, -0.2) is 24.9 Å². The van der Waals surface area contributed by atoms with Gasteiger partial charge in [-0.3, -0.25) is 15.0 Å². The lowest BCUT2D eigenvalue weighted by Crippen LogP contribution is -2.53. The Morgan fingerprint density at radius 1 is 0.370 bits per heavy atom. The molecule has 0 N–H and O–H groups in total. The van der Waals surface area contributed by atoms with Crippen LogP contribution >= 0.6 is 0 Å². The van der Waals surface area contributed by atoms with Crippen molar-refractivity contribution >= 4 is 35.0 Å². The van der Waals surface area contributed by atoms with Crippen LogP contribution < -0.4 is 14.7 Å². The van der Waals surface area contributed by atoms with Crippen LogP contribution in [-0.2, 0) is 0 Å². The molecule has 3 aliphatic heterocycles. The maximum atomic E-state index is 5.22. The average molecular weight is 726 g/mol. The van der Waals surface area contributed by atoms with Crippen molar-refractivity contribution in [2.24, 2.45) is 15.0 Å². The highest BCUT2D eigenvalue weighted by atomic mass is 15.4. The van der Waals surface area contributed by atoms with Crippen LogP contribution in [0, 0.1) is 0 Å². The zero-order chi connectivity index (χ0) is 39.4. The van der Waals surface area contributed by atoms with Crippen molar-refractivity contribution in [3.8, 4) is 34.3 Å². The van der Waals surface area contributed by atoms with E-state index in [4.69, 9.17) is 39.9 Å².